The van der Waals surface area contributed by atoms with Crippen molar-refractivity contribution in [2.75, 3.05) is 23.9 Å². The molecular formula is C27H26N4O4. The minimum absolute atomic E-state index is 0.184. The number of carbonyl (C=O) groups excluding carboxylic acids is 4. The number of benzene rings is 2. The molecule has 178 valence electrons. The molecule has 8 nitrogen and oxygen atoms in total. The second-order valence-electron chi connectivity index (χ2n) is 9.74. The lowest BCUT2D eigenvalue weighted by atomic mass is 9.72. The smallest absolute Gasteiger partial charge is 0.258 e. The van der Waals surface area contributed by atoms with Crippen LogP contribution in [0.5, 0.6) is 0 Å². The van der Waals surface area contributed by atoms with Gasteiger partial charge < -0.3 is 0 Å². The second kappa shape index (κ2) is 7.88. The van der Waals surface area contributed by atoms with Gasteiger partial charge >= 0.3 is 0 Å². The fourth-order valence-electron chi connectivity index (χ4n) is 6.29. The van der Waals surface area contributed by atoms with E-state index in [1.165, 1.54) is 9.80 Å². The van der Waals surface area contributed by atoms with Gasteiger partial charge in [0.15, 0.2) is 0 Å². The van der Waals surface area contributed by atoms with Gasteiger partial charge in [-0.1, -0.05) is 36.4 Å². The number of para-hydroxylation sites is 2. The van der Waals surface area contributed by atoms with Crippen LogP contribution in [-0.2, 0) is 19.2 Å². The first-order chi connectivity index (χ1) is 16.9. The molecule has 2 fully saturated rings. The van der Waals surface area contributed by atoms with Crippen LogP contribution in [0.1, 0.15) is 19.3 Å². The van der Waals surface area contributed by atoms with Crippen molar-refractivity contribution in [3.05, 3.63) is 71.9 Å². The maximum atomic E-state index is 13.7. The molecule has 4 atom stereocenters. The third kappa shape index (κ3) is 3.02. The van der Waals surface area contributed by atoms with Gasteiger partial charge in [0.2, 0.25) is 17.7 Å². The van der Waals surface area contributed by atoms with Crippen molar-refractivity contribution >= 4 is 35.0 Å². The standard InChI is InChI=1S/C27H26N4O4/c1-28(2)31-21-14-13-18-22(26(34)29(24(18)32)16-9-5-3-6-10-16)19(21)15-20-23(31)27(35)30(25(20)33)17-11-7-4-8-12-17/h3-12,18,20,22-23H,13-15H2,1-2H3/t18-,20+,22-,23-/m1/s1. The molecule has 3 aliphatic heterocycles. The van der Waals surface area contributed by atoms with E-state index in [-0.39, 0.29) is 23.6 Å². The van der Waals surface area contributed by atoms with E-state index in [0.29, 0.717) is 30.6 Å². The minimum Gasteiger partial charge on any atom is -0.297 e. The molecule has 0 radical (unpaired) electrons. The Labute approximate surface area is 203 Å². The van der Waals surface area contributed by atoms with Gasteiger partial charge in [0, 0.05) is 19.8 Å². The molecular weight excluding hydrogens is 444 g/mol. The Morgan fingerprint density at radius 2 is 1.26 bits per heavy atom. The Bertz CT molecular complexity index is 1270. The summed E-state index contributed by atoms with van der Waals surface area (Å²) < 4.78 is 0. The molecule has 0 aromatic heterocycles. The summed E-state index contributed by atoms with van der Waals surface area (Å²) in [7, 11) is 3.69. The van der Waals surface area contributed by atoms with Crippen molar-refractivity contribution in [2.45, 2.75) is 25.3 Å². The molecule has 2 aromatic rings. The zero-order valence-electron chi connectivity index (χ0n) is 19.6. The first kappa shape index (κ1) is 21.7. The molecule has 35 heavy (non-hydrogen) atoms. The molecule has 0 saturated carbocycles. The molecule has 3 heterocycles. The number of hydrazine groups is 1. The van der Waals surface area contributed by atoms with E-state index < -0.39 is 23.8 Å². The lowest BCUT2D eigenvalue weighted by Crippen LogP contribution is -2.54. The number of hydrogen-bond donors (Lipinski definition) is 0. The zero-order chi connectivity index (χ0) is 24.4. The molecule has 6 rings (SSSR count). The van der Waals surface area contributed by atoms with Crippen LogP contribution in [0.3, 0.4) is 0 Å². The van der Waals surface area contributed by atoms with Crippen LogP contribution in [0.4, 0.5) is 11.4 Å². The number of anilines is 2. The summed E-state index contributed by atoms with van der Waals surface area (Å²) in [6.07, 6.45) is 1.41. The summed E-state index contributed by atoms with van der Waals surface area (Å²) in [5.41, 5.74) is 2.84. The average Bonchev–Trinajstić information content (AvgIpc) is 3.27. The minimum atomic E-state index is -0.662. The average molecular weight is 471 g/mol. The molecule has 4 aliphatic rings. The number of allylic oxidation sites excluding steroid dienone is 1. The van der Waals surface area contributed by atoms with Crippen molar-refractivity contribution in [3.8, 4) is 0 Å². The van der Waals surface area contributed by atoms with Gasteiger partial charge in [0.05, 0.1) is 29.1 Å². The van der Waals surface area contributed by atoms with E-state index >= 15 is 0 Å². The highest BCUT2D eigenvalue weighted by Gasteiger charge is 2.60. The Morgan fingerprint density at radius 3 is 1.83 bits per heavy atom. The largest absolute Gasteiger partial charge is 0.297 e. The van der Waals surface area contributed by atoms with Gasteiger partial charge in [-0.15, -0.1) is 0 Å². The monoisotopic (exact) mass is 470 g/mol. The first-order valence-corrected chi connectivity index (χ1v) is 11.9. The fourth-order valence-corrected chi connectivity index (χ4v) is 6.29. The van der Waals surface area contributed by atoms with Crippen molar-refractivity contribution in [1.29, 1.82) is 0 Å². The Balaban J connectivity index is 1.42. The van der Waals surface area contributed by atoms with Crippen molar-refractivity contribution in [2.24, 2.45) is 17.8 Å². The molecule has 0 bridgehead atoms. The third-order valence-electron chi connectivity index (χ3n) is 7.70. The van der Waals surface area contributed by atoms with Crippen LogP contribution in [0.15, 0.2) is 71.9 Å². The molecule has 2 aromatic carbocycles. The molecule has 2 saturated heterocycles. The summed E-state index contributed by atoms with van der Waals surface area (Å²) in [6, 6.07) is 17.3. The Hall–Kier alpha value is -3.78. The second-order valence-corrected chi connectivity index (χ2v) is 9.74. The molecule has 8 heteroatoms. The highest BCUT2D eigenvalue weighted by atomic mass is 16.2. The lowest BCUT2D eigenvalue weighted by Gasteiger charge is -2.46. The number of hydrogen-bond acceptors (Lipinski definition) is 6. The lowest BCUT2D eigenvalue weighted by molar-refractivity contribution is -0.130. The van der Waals surface area contributed by atoms with Gasteiger partial charge in [-0.2, -0.15) is 0 Å². The normalized spacial score (nSPS) is 28.1. The predicted octanol–water partition coefficient (Wildman–Crippen LogP) is 2.58. The van der Waals surface area contributed by atoms with E-state index in [1.54, 1.807) is 36.4 Å². The number of imide groups is 2. The summed E-state index contributed by atoms with van der Waals surface area (Å²) in [5, 5.41) is 3.73. The maximum Gasteiger partial charge on any atom is 0.258 e. The van der Waals surface area contributed by atoms with Crippen molar-refractivity contribution < 1.29 is 19.2 Å². The van der Waals surface area contributed by atoms with E-state index in [2.05, 4.69) is 0 Å². The van der Waals surface area contributed by atoms with Crippen LogP contribution < -0.4 is 9.80 Å². The van der Waals surface area contributed by atoms with Crippen LogP contribution in [0, 0.1) is 17.8 Å². The zero-order valence-corrected chi connectivity index (χ0v) is 19.6. The van der Waals surface area contributed by atoms with Crippen molar-refractivity contribution in [1.82, 2.24) is 10.0 Å². The van der Waals surface area contributed by atoms with E-state index in [4.69, 9.17) is 0 Å². The van der Waals surface area contributed by atoms with E-state index in [9.17, 15) is 19.2 Å². The van der Waals surface area contributed by atoms with Gasteiger partial charge in [-0.25, -0.2) is 14.8 Å². The van der Waals surface area contributed by atoms with Crippen LogP contribution >= 0.6 is 0 Å². The van der Waals surface area contributed by atoms with Crippen LogP contribution in [-0.4, -0.2) is 53.8 Å². The highest BCUT2D eigenvalue weighted by Crippen LogP contribution is 2.51. The molecule has 0 unspecified atom stereocenters. The Morgan fingerprint density at radius 1 is 0.714 bits per heavy atom. The number of carbonyl (C=O) groups is 4. The molecule has 0 spiro atoms. The number of fused-ring (bicyclic) bond motifs is 3. The van der Waals surface area contributed by atoms with Crippen LogP contribution in [0.25, 0.3) is 0 Å². The molecule has 1 aliphatic carbocycles. The van der Waals surface area contributed by atoms with Crippen molar-refractivity contribution in [3.63, 3.8) is 0 Å². The number of nitrogens with zero attached hydrogens (tertiary/aromatic N) is 4. The SMILES string of the molecule is CN(C)N1C2=C(C[C@@H]3C(=O)N(c4ccccc4)C(=O)[C@@H]31)[C@@H]1C(=O)N(c3ccccc3)C(=O)[C@@H]1CC2. The summed E-state index contributed by atoms with van der Waals surface area (Å²) in [6.45, 7) is 0. The van der Waals surface area contributed by atoms with Gasteiger partial charge in [0.1, 0.15) is 6.04 Å². The summed E-state index contributed by atoms with van der Waals surface area (Å²) in [4.78, 5) is 56.8. The fraction of sp³-hybridized carbons (Fsp3) is 0.333. The third-order valence-corrected chi connectivity index (χ3v) is 7.70. The molecule has 0 N–H and O–H groups in total. The van der Waals surface area contributed by atoms with E-state index in [1.807, 2.05) is 48.4 Å². The van der Waals surface area contributed by atoms with Crippen LogP contribution in [0.2, 0.25) is 0 Å². The van der Waals surface area contributed by atoms with Gasteiger partial charge in [-0.3, -0.25) is 24.2 Å². The summed E-state index contributed by atoms with van der Waals surface area (Å²) in [5.74, 6) is -2.61. The quantitative estimate of drug-likeness (QED) is 0.642. The maximum absolute atomic E-state index is 13.7. The van der Waals surface area contributed by atoms with Gasteiger partial charge in [-0.05, 0) is 49.1 Å². The molecule has 4 amide bonds. The first-order valence-electron chi connectivity index (χ1n) is 11.9. The highest BCUT2D eigenvalue weighted by molar-refractivity contribution is 6.25. The van der Waals surface area contributed by atoms with Gasteiger partial charge in [0.25, 0.3) is 5.91 Å². The van der Waals surface area contributed by atoms with E-state index in [0.717, 1.165) is 11.3 Å². The number of rotatable bonds is 3. The summed E-state index contributed by atoms with van der Waals surface area (Å²) >= 11 is 0. The number of amides is 4. The Kier molecular flexibility index (Phi) is 4.89. The predicted molar refractivity (Wildman–Crippen MR) is 129 cm³/mol. The topological polar surface area (TPSA) is 81.2 Å².